The highest BCUT2D eigenvalue weighted by atomic mass is 16.7. The lowest BCUT2D eigenvalue weighted by atomic mass is 9.91. The molecule has 1 fully saturated rings. The van der Waals surface area contributed by atoms with Crippen LogP contribution in [0.5, 0.6) is 11.5 Å². The van der Waals surface area contributed by atoms with E-state index in [2.05, 4.69) is 0 Å². The quantitative estimate of drug-likeness (QED) is 0.593. The molecule has 0 unspecified atom stereocenters. The average Bonchev–Trinajstić information content (AvgIpc) is 2.67. The van der Waals surface area contributed by atoms with Crippen LogP contribution in [0.3, 0.4) is 0 Å². The Hall–Kier alpha value is -1.64. The minimum absolute atomic E-state index is 0.322. The summed E-state index contributed by atoms with van der Waals surface area (Å²) in [5.74, 6) is 0.895. The Morgan fingerprint density at radius 3 is 2.50 bits per heavy atom. The van der Waals surface area contributed by atoms with Gasteiger partial charge in [-0.05, 0) is 24.1 Å². The topological polar surface area (TPSA) is 97.6 Å². The molecule has 1 aliphatic heterocycles. The maximum atomic E-state index is 10.1. The molecule has 5 atom stereocenters. The van der Waals surface area contributed by atoms with Crippen molar-refractivity contribution >= 4 is 6.08 Å². The second kappa shape index (κ2) is 9.89. The van der Waals surface area contributed by atoms with Gasteiger partial charge in [-0.2, -0.15) is 0 Å². The molecule has 1 saturated heterocycles. The zero-order chi connectivity index (χ0) is 19.1. The average molecular weight is 368 g/mol. The largest absolute Gasteiger partial charge is 0.493 e. The van der Waals surface area contributed by atoms with Gasteiger partial charge in [0.05, 0.1) is 33.5 Å². The SMILES string of the molecule is COc1ccc(/C=C\CCO[C@H]2O[C@H](CO)[C@@H](O)[C@H](C)[C@H]2O)cc1OC. The van der Waals surface area contributed by atoms with Crippen LogP contribution in [0.4, 0.5) is 0 Å². The van der Waals surface area contributed by atoms with Crippen molar-refractivity contribution in [3.63, 3.8) is 0 Å². The summed E-state index contributed by atoms with van der Waals surface area (Å²) in [6.07, 6.45) is 1.02. The van der Waals surface area contributed by atoms with Crippen LogP contribution in [0.25, 0.3) is 6.08 Å². The minimum atomic E-state index is -0.942. The van der Waals surface area contributed by atoms with E-state index in [9.17, 15) is 15.3 Å². The fourth-order valence-corrected chi connectivity index (χ4v) is 2.84. The van der Waals surface area contributed by atoms with E-state index in [1.807, 2.05) is 30.4 Å². The van der Waals surface area contributed by atoms with Gasteiger partial charge < -0.3 is 34.3 Å². The molecule has 0 saturated carbocycles. The molecule has 0 aromatic heterocycles. The molecule has 2 rings (SSSR count). The summed E-state index contributed by atoms with van der Waals surface area (Å²) in [4.78, 5) is 0. The van der Waals surface area contributed by atoms with Gasteiger partial charge in [-0.25, -0.2) is 0 Å². The Bertz CT molecular complexity index is 587. The Labute approximate surface area is 153 Å². The molecule has 1 aromatic rings. The summed E-state index contributed by atoms with van der Waals surface area (Å²) >= 11 is 0. The standard InChI is InChI=1S/C19H28O7/c1-12-17(21)16(11-20)26-19(18(12)22)25-9-5-4-6-13-7-8-14(23-2)15(10-13)24-3/h4,6-8,10,12,16-22H,5,9,11H2,1-3H3/b6-4-/t12-,16+,17-,18+,19-/m0/s1. The number of hydrogen-bond acceptors (Lipinski definition) is 7. The molecule has 0 bridgehead atoms. The number of benzene rings is 1. The minimum Gasteiger partial charge on any atom is -0.493 e. The Morgan fingerprint density at radius 1 is 1.12 bits per heavy atom. The molecule has 1 heterocycles. The van der Waals surface area contributed by atoms with Crippen LogP contribution >= 0.6 is 0 Å². The highest BCUT2D eigenvalue weighted by Gasteiger charge is 2.42. The van der Waals surface area contributed by atoms with Crippen LogP contribution in [0.2, 0.25) is 0 Å². The number of hydrogen-bond donors (Lipinski definition) is 3. The molecule has 7 nitrogen and oxygen atoms in total. The van der Waals surface area contributed by atoms with Crippen LogP contribution in [0.1, 0.15) is 18.9 Å². The monoisotopic (exact) mass is 368 g/mol. The molecule has 0 spiro atoms. The zero-order valence-corrected chi connectivity index (χ0v) is 15.4. The van der Waals surface area contributed by atoms with E-state index >= 15 is 0 Å². The van der Waals surface area contributed by atoms with Gasteiger partial charge in [-0.3, -0.25) is 0 Å². The van der Waals surface area contributed by atoms with Crippen molar-refractivity contribution in [2.24, 2.45) is 5.92 Å². The van der Waals surface area contributed by atoms with E-state index in [1.54, 1.807) is 21.1 Å². The number of aliphatic hydroxyl groups is 3. The van der Waals surface area contributed by atoms with Gasteiger partial charge in [0.1, 0.15) is 12.2 Å². The van der Waals surface area contributed by atoms with Crippen LogP contribution in [0, 0.1) is 5.92 Å². The Morgan fingerprint density at radius 2 is 1.85 bits per heavy atom. The van der Waals surface area contributed by atoms with E-state index in [0.717, 1.165) is 5.56 Å². The van der Waals surface area contributed by atoms with Crippen LogP contribution in [-0.4, -0.2) is 67.4 Å². The first-order valence-corrected chi connectivity index (χ1v) is 8.64. The zero-order valence-electron chi connectivity index (χ0n) is 15.4. The number of methoxy groups -OCH3 is 2. The van der Waals surface area contributed by atoms with E-state index in [0.29, 0.717) is 24.5 Å². The van der Waals surface area contributed by atoms with Crippen molar-refractivity contribution in [2.75, 3.05) is 27.4 Å². The van der Waals surface area contributed by atoms with Crippen LogP contribution < -0.4 is 9.47 Å². The molecule has 7 heteroatoms. The maximum absolute atomic E-state index is 10.1. The first-order valence-electron chi connectivity index (χ1n) is 8.64. The summed E-state index contributed by atoms with van der Waals surface area (Å²) in [6.45, 7) is 1.72. The molecule has 0 radical (unpaired) electrons. The lowest BCUT2D eigenvalue weighted by Crippen LogP contribution is -2.55. The highest BCUT2D eigenvalue weighted by Crippen LogP contribution is 2.28. The third kappa shape index (κ3) is 4.96. The third-order valence-corrected chi connectivity index (χ3v) is 4.51. The molecular weight excluding hydrogens is 340 g/mol. The predicted molar refractivity (Wildman–Crippen MR) is 96.1 cm³/mol. The molecular formula is C19H28O7. The molecule has 3 N–H and O–H groups in total. The smallest absolute Gasteiger partial charge is 0.184 e. The highest BCUT2D eigenvalue weighted by molar-refractivity contribution is 5.55. The van der Waals surface area contributed by atoms with Crippen molar-refractivity contribution in [3.05, 3.63) is 29.8 Å². The molecule has 0 amide bonds. The third-order valence-electron chi connectivity index (χ3n) is 4.51. The second-order valence-corrected chi connectivity index (χ2v) is 6.24. The summed E-state index contributed by atoms with van der Waals surface area (Å²) < 4.78 is 21.5. The Kier molecular flexibility index (Phi) is 7.86. The fourth-order valence-electron chi connectivity index (χ4n) is 2.84. The molecule has 0 aliphatic carbocycles. The van der Waals surface area contributed by atoms with Gasteiger partial charge in [-0.1, -0.05) is 25.1 Å². The number of rotatable bonds is 8. The van der Waals surface area contributed by atoms with E-state index in [1.165, 1.54) is 0 Å². The Balaban J connectivity index is 1.83. The van der Waals surface area contributed by atoms with E-state index < -0.39 is 30.5 Å². The predicted octanol–water partition coefficient (Wildman–Crippen LogP) is 1.20. The summed E-state index contributed by atoms with van der Waals surface area (Å²) in [6, 6.07) is 5.63. The lowest BCUT2D eigenvalue weighted by molar-refractivity contribution is -0.287. The molecule has 26 heavy (non-hydrogen) atoms. The summed E-state index contributed by atoms with van der Waals surface area (Å²) in [5.41, 5.74) is 0.966. The van der Waals surface area contributed by atoms with Crippen molar-refractivity contribution in [1.82, 2.24) is 0 Å². The second-order valence-electron chi connectivity index (χ2n) is 6.24. The van der Waals surface area contributed by atoms with Gasteiger partial charge in [0.15, 0.2) is 17.8 Å². The van der Waals surface area contributed by atoms with Gasteiger partial charge in [0.25, 0.3) is 0 Å². The van der Waals surface area contributed by atoms with Crippen molar-refractivity contribution < 1.29 is 34.3 Å². The van der Waals surface area contributed by atoms with Gasteiger partial charge >= 0.3 is 0 Å². The normalized spacial score (nSPS) is 29.1. The summed E-state index contributed by atoms with van der Waals surface area (Å²) in [7, 11) is 3.18. The molecule has 1 aliphatic rings. The van der Waals surface area contributed by atoms with Crippen molar-refractivity contribution in [3.8, 4) is 11.5 Å². The maximum Gasteiger partial charge on any atom is 0.184 e. The van der Waals surface area contributed by atoms with Gasteiger partial charge in [-0.15, -0.1) is 0 Å². The van der Waals surface area contributed by atoms with Gasteiger partial charge in [0, 0.05) is 5.92 Å². The summed E-state index contributed by atoms with van der Waals surface area (Å²) in [5, 5.41) is 29.3. The van der Waals surface area contributed by atoms with Crippen LogP contribution in [0.15, 0.2) is 24.3 Å². The van der Waals surface area contributed by atoms with Crippen LogP contribution in [-0.2, 0) is 9.47 Å². The first-order chi connectivity index (χ1) is 12.5. The number of ether oxygens (including phenoxy) is 4. The van der Waals surface area contributed by atoms with E-state index in [4.69, 9.17) is 18.9 Å². The lowest BCUT2D eigenvalue weighted by Gasteiger charge is -2.40. The number of aliphatic hydroxyl groups excluding tert-OH is 3. The molecule has 1 aromatic carbocycles. The van der Waals surface area contributed by atoms with Crippen molar-refractivity contribution in [2.45, 2.75) is 37.9 Å². The fraction of sp³-hybridized carbons (Fsp3) is 0.579. The first kappa shape index (κ1) is 20.7. The van der Waals surface area contributed by atoms with Crippen molar-refractivity contribution in [1.29, 1.82) is 0 Å². The van der Waals surface area contributed by atoms with E-state index in [-0.39, 0.29) is 6.61 Å². The van der Waals surface area contributed by atoms with Gasteiger partial charge in [0.2, 0.25) is 0 Å². The molecule has 146 valence electrons.